The minimum atomic E-state index is -1.15. The molecule has 28 heavy (non-hydrogen) atoms. The second-order valence-corrected chi connectivity index (χ2v) is 6.85. The predicted octanol–water partition coefficient (Wildman–Crippen LogP) is 3.96. The Hall–Kier alpha value is -2.83. The van der Waals surface area contributed by atoms with Gasteiger partial charge in [-0.2, -0.15) is 0 Å². The molecule has 3 aromatic rings. The molecule has 0 bridgehead atoms. The van der Waals surface area contributed by atoms with Crippen LogP contribution in [0.5, 0.6) is 0 Å². The third-order valence-electron chi connectivity index (χ3n) is 4.06. The second-order valence-electron chi connectivity index (χ2n) is 6.06. The molecule has 2 aromatic carbocycles. The molecule has 0 saturated carbocycles. The van der Waals surface area contributed by atoms with Crippen molar-refractivity contribution in [3.63, 3.8) is 0 Å². The summed E-state index contributed by atoms with van der Waals surface area (Å²) < 4.78 is 1.12. The lowest BCUT2D eigenvalue weighted by Gasteiger charge is -2.15. The van der Waals surface area contributed by atoms with E-state index in [1.807, 2.05) is 24.3 Å². The van der Waals surface area contributed by atoms with Crippen LogP contribution in [0.25, 0.3) is 11.3 Å². The number of rotatable bonds is 7. The van der Waals surface area contributed by atoms with Gasteiger partial charge in [0.25, 0.3) is 5.56 Å². The molecule has 0 radical (unpaired) electrons. The van der Waals surface area contributed by atoms with Gasteiger partial charge in [0.15, 0.2) is 11.0 Å². The SMILES string of the molecule is O=C(O)Cn1c(-c2ccccc2)c(Cl)nc(NCCc2cccc(Cl)c2)c1=O. The highest BCUT2D eigenvalue weighted by Crippen LogP contribution is 2.26. The van der Waals surface area contributed by atoms with Gasteiger partial charge >= 0.3 is 5.97 Å². The van der Waals surface area contributed by atoms with Gasteiger partial charge in [0.2, 0.25) is 0 Å². The Bertz CT molecular complexity index is 1050. The van der Waals surface area contributed by atoms with Gasteiger partial charge in [-0.05, 0) is 24.1 Å². The third kappa shape index (κ3) is 4.71. The van der Waals surface area contributed by atoms with Crippen LogP contribution in [-0.2, 0) is 17.8 Å². The smallest absolute Gasteiger partial charge is 0.323 e. The zero-order valence-electron chi connectivity index (χ0n) is 14.7. The molecular formula is C20H17Cl2N3O3. The van der Waals surface area contributed by atoms with Gasteiger partial charge in [-0.15, -0.1) is 0 Å². The van der Waals surface area contributed by atoms with E-state index in [1.54, 1.807) is 30.3 Å². The largest absolute Gasteiger partial charge is 0.480 e. The first kappa shape index (κ1) is 19.9. The number of hydrogen-bond donors (Lipinski definition) is 2. The number of benzene rings is 2. The van der Waals surface area contributed by atoms with Gasteiger partial charge in [0, 0.05) is 17.1 Å². The van der Waals surface area contributed by atoms with Crippen LogP contribution in [0.3, 0.4) is 0 Å². The molecule has 3 rings (SSSR count). The molecule has 0 amide bonds. The zero-order valence-corrected chi connectivity index (χ0v) is 16.2. The number of halogens is 2. The van der Waals surface area contributed by atoms with Gasteiger partial charge in [0.05, 0.1) is 5.69 Å². The minimum Gasteiger partial charge on any atom is -0.480 e. The monoisotopic (exact) mass is 417 g/mol. The van der Waals surface area contributed by atoms with E-state index in [-0.39, 0.29) is 16.7 Å². The van der Waals surface area contributed by atoms with E-state index >= 15 is 0 Å². The fraction of sp³-hybridized carbons (Fsp3) is 0.150. The summed E-state index contributed by atoms with van der Waals surface area (Å²) in [6.07, 6.45) is 0.610. The van der Waals surface area contributed by atoms with Gasteiger partial charge < -0.3 is 10.4 Å². The Morgan fingerprint density at radius 2 is 1.86 bits per heavy atom. The predicted molar refractivity (Wildman–Crippen MR) is 110 cm³/mol. The Balaban J connectivity index is 1.91. The van der Waals surface area contributed by atoms with Crippen LogP contribution in [0.15, 0.2) is 59.4 Å². The average molecular weight is 418 g/mol. The first-order valence-corrected chi connectivity index (χ1v) is 9.27. The van der Waals surface area contributed by atoms with E-state index in [4.69, 9.17) is 23.2 Å². The third-order valence-corrected chi connectivity index (χ3v) is 4.56. The van der Waals surface area contributed by atoms with Crippen molar-refractivity contribution in [2.75, 3.05) is 11.9 Å². The summed E-state index contributed by atoms with van der Waals surface area (Å²) in [4.78, 5) is 28.3. The first-order valence-electron chi connectivity index (χ1n) is 8.51. The highest BCUT2D eigenvalue weighted by molar-refractivity contribution is 6.32. The van der Waals surface area contributed by atoms with Crippen molar-refractivity contribution >= 4 is 35.0 Å². The first-order chi connectivity index (χ1) is 13.5. The van der Waals surface area contributed by atoms with Crippen LogP contribution in [0.2, 0.25) is 10.2 Å². The summed E-state index contributed by atoms with van der Waals surface area (Å²) in [6, 6.07) is 16.3. The topological polar surface area (TPSA) is 84.2 Å². The van der Waals surface area contributed by atoms with E-state index in [2.05, 4.69) is 10.3 Å². The molecule has 6 nitrogen and oxygen atoms in total. The summed E-state index contributed by atoms with van der Waals surface area (Å²) in [5.41, 5.74) is 1.34. The van der Waals surface area contributed by atoms with E-state index in [0.29, 0.717) is 23.6 Å². The maximum absolute atomic E-state index is 12.8. The molecule has 0 spiro atoms. The number of carboxylic acids is 1. The number of carboxylic acid groups (broad SMARTS) is 1. The van der Waals surface area contributed by atoms with Crippen molar-refractivity contribution in [3.8, 4) is 11.3 Å². The van der Waals surface area contributed by atoms with Crippen LogP contribution in [-0.4, -0.2) is 27.2 Å². The molecule has 1 aromatic heterocycles. The van der Waals surface area contributed by atoms with E-state index in [1.165, 1.54) is 0 Å². The van der Waals surface area contributed by atoms with Crippen LogP contribution in [0.4, 0.5) is 5.82 Å². The van der Waals surface area contributed by atoms with Crippen LogP contribution >= 0.6 is 23.2 Å². The molecule has 1 heterocycles. The molecule has 0 unspecified atom stereocenters. The lowest BCUT2D eigenvalue weighted by molar-refractivity contribution is -0.137. The van der Waals surface area contributed by atoms with Crippen molar-refractivity contribution in [3.05, 3.63) is 80.7 Å². The van der Waals surface area contributed by atoms with Crippen molar-refractivity contribution in [2.45, 2.75) is 13.0 Å². The number of nitrogens with zero attached hydrogens (tertiary/aromatic N) is 2. The van der Waals surface area contributed by atoms with Gasteiger partial charge in [0.1, 0.15) is 6.54 Å². The van der Waals surface area contributed by atoms with Crippen LogP contribution in [0.1, 0.15) is 5.56 Å². The van der Waals surface area contributed by atoms with Crippen molar-refractivity contribution in [1.29, 1.82) is 0 Å². The molecule has 0 aliphatic rings. The Morgan fingerprint density at radius 3 is 2.54 bits per heavy atom. The van der Waals surface area contributed by atoms with Crippen LogP contribution in [0, 0.1) is 0 Å². The minimum absolute atomic E-state index is 0.00737. The van der Waals surface area contributed by atoms with Gasteiger partial charge in [-0.3, -0.25) is 14.2 Å². The molecule has 0 aliphatic heterocycles. The highest BCUT2D eigenvalue weighted by Gasteiger charge is 2.18. The standard InChI is InChI=1S/C20H17Cl2N3O3/c21-15-8-4-5-13(11-15)9-10-23-19-20(28)25(12-16(26)27)17(18(22)24-19)14-6-2-1-3-7-14/h1-8,11H,9-10,12H2,(H,23,24)(H,26,27). The number of aromatic nitrogens is 2. The number of anilines is 1. The lowest BCUT2D eigenvalue weighted by atomic mass is 10.1. The van der Waals surface area contributed by atoms with Gasteiger partial charge in [-0.1, -0.05) is 65.7 Å². The second kappa shape index (κ2) is 8.91. The molecule has 0 saturated heterocycles. The quantitative estimate of drug-likeness (QED) is 0.607. The highest BCUT2D eigenvalue weighted by atomic mass is 35.5. The number of hydrogen-bond acceptors (Lipinski definition) is 4. The summed E-state index contributed by atoms with van der Waals surface area (Å²) in [5, 5.41) is 12.9. The maximum Gasteiger partial charge on any atom is 0.323 e. The summed E-state index contributed by atoms with van der Waals surface area (Å²) in [7, 11) is 0. The summed E-state index contributed by atoms with van der Waals surface area (Å²) in [6.45, 7) is -0.106. The van der Waals surface area contributed by atoms with E-state index in [9.17, 15) is 14.7 Å². The number of aliphatic carboxylic acids is 1. The average Bonchev–Trinajstić information content (AvgIpc) is 2.66. The Labute approximate surface area is 171 Å². The fourth-order valence-corrected chi connectivity index (χ4v) is 3.34. The normalized spacial score (nSPS) is 10.6. The number of nitrogens with one attached hydrogen (secondary N) is 1. The molecule has 144 valence electrons. The Morgan fingerprint density at radius 1 is 1.11 bits per heavy atom. The molecular weight excluding hydrogens is 401 g/mol. The molecule has 0 fully saturated rings. The van der Waals surface area contributed by atoms with Crippen LogP contribution < -0.4 is 10.9 Å². The van der Waals surface area contributed by atoms with E-state index < -0.39 is 18.1 Å². The lowest BCUT2D eigenvalue weighted by Crippen LogP contribution is -2.30. The zero-order chi connectivity index (χ0) is 20.1. The number of carbonyl (C=O) groups is 1. The van der Waals surface area contributed by atoms with Crippen molar-refractivity contribution < 1.29 is 9.90 Å². The molecule has 0 aliphatic carbocycles. The fourth-order valence-electron chi connectivity index (χ4n) is 2.83. The molecule has 2 N–H and O–H groups in total. The van der Waals surface area contributed by atoms with E-state index in [0.717, 1.165) is 10.1 Å². The molecule has 8 heteroatoms. The van der Waals surface area contributed by atoms with Crippen molar-refractivity contribution in [2.24, 2.45) is 0 Å². The summed E-state index contributed by atoms with van der Waals surface area (Å²) in [5.74, 6) is -1.14. The molecule has 0 atom stereocenters. The van der Waals surface area contributed by atoms with Crippen molar-refractivity contribution in [1.82, 2.24) is 9.55 Å². The maximum atomic E-state index is 12.8. The summed E-state index contributed by atoms with van der Waals surface area (Å²) >= 11 is 12.3. The van der Waals surface area contributed by atoms with Gasteiger partial charge in [-0.25, -0.2) is 4.98 Å². The Kier molecular flexibility index (Phi) is 6.34.